The van der Waals surface area contributed by atoms with E-state index in [4.69, 9.17) is 9.97 Å². The Bertz CT molecular complexity index is 1500. The summed E-state index contributed by atoms with van der Waals surface area (Å²) < 4.78 is 2.25. The quantitative estimate of drug-likeness (QED) is 0.419. The number of rotatable bonds is 4. The van der Waals surface area contributed by atoms with Gasteiger partial charge in [-0.3, -0.25) is 14.3 Å². The van der Waals surface area contributed by atoms with Gasteiger partial charge in [-0.05, 0) is 25.0 Å². The molecule has 2 aromatic carbocycles. The van der Waals surface area contributed by atoms with E-state index in [9.17, 15) is 0 Å². The molecule has 7 rings (SSSR count). The Hall–Kier alpha value is -3.61. The number of aromatic nitrogens is 4. The second kappa shape index (κ2) is 8.56. The fraction of sp³-hybridized carbons (Fsp3) is 0.276. The lowest BCUT2D eigenvalue weighted by Crippen LogP contribution is -2.52. The maximum Gasteiger partial charge on any atom is 0.117 e. The number of benzene rings is 2. The van der Waals surface area contributed by atoms with E-state index in [0.29, 0.717) is 12.0 Å². The van der Waals surface area contributed by atoms with Gasteiger partial charge in [-0.15, -0.1) is 0 Å². The number of imidazole rings is 1. The summed E-state index contributed by atoms with van der Waals surface area (Å²) in [5.41, 5.74) is 6.24. The first-order chi connectivity index (χ1) is 17.3. The molecule has 4 heterocycles. The van der Waals surface area contributed by atoms with Crippen molar-refractivity contribution in [2.45, 2.75) is 24.8 Å². The molecule has 1 aliphatic heterocycles. The smallest absolute Gasteiger partial charge is 0.117 e. The maximum absolute atomic E-state index is 5.21. The summed E-state index contributed by atoms with van der Waals surface area (Å²) in [6, 6.07) is 21.8. The molecule has 6 nitrogen and oxygen atoms in total. The van der Waals surface area contributed by atoms with E-state index in [-0.39, 0.29) is 0 Å². The van der Waals surface area contributed by atoms with Crippen LogP contribution in [0.3, 0.4) is 0 Å². The summed E-state index contributed by atoms with van der Waals surface area (Å²) in [4.78, 5) is 17.3. The summed E-state index contributed by atoms with van der Waals surface area (Å²) in [6.45, 7) is 4.52. The van der Waals surface area contributed by atoms with E-state index in [1.54, 1.807) is 0 Å². The molecule has 5 aromatic rings. The molecular weight excluding hydrogens is 432 g/mol. The molecule has 2 aliphatic rings. The van der Waals surface area contributed by atoms with Crippen molar-refractivity contribution >= 4 is 16.4 Å². The zero-order valence-corrected chi connectivity index (χ0v) is 19.6. The van der Waals surface area contributed by atoms with Crippen LogP contribution in [0, 0.1) is 0 Å². The van der Waals surface area contributed by atoms with E-state index < -0.39 is 0 Å². The lowest BCUT2D eigenvalue weighted by molar-refractivity contribution is 0.0928. The van der Waals surface area contributed by atoms with Gasteiger partial charge >= 0.3 is 0 Å². The first-order valence-corrected chi connectivity index (χ1v) is 12.6. The van der Waals surface area contributed by atoms with Crippen molar-refractivity contribution in [1.82, 2.24) is 29.6 Å². The predicted octanol–water partition coefficient (Wildman–Crippen LogP) is 4.76. The van der Waals surface area contributed by atoms with Crippen LogP contribution in [0.15, 0.2) is 79.3 Å². The van der Waals surface area contributed by atoms with Crippen LogP contribution in [0.1, 0.15) is 24.6 Å². The number of pyridine rings is 1. The molecule has 1 aliphatic carbocycles. The fourth-order valence-electron chi connectivity index (χ4n) is 5.64. The largest absolute Gasteiger partial charge is 0.314 e. The Kier molecular flexibility index (Phi) is 5.07. The van der Waals surface area contributed by atoms with Crippen molar-refractivity contribution in [3.05, 3.63) is 85.1 Å². The molecule has 6 heteroatoms. The molecule has 0 amide bonds. The molecule has 0 bridgehead atoms. The zero-order valence-electron chi connectivity index (χ0n) is 19.6. The number of hydrogen-bond acceptors (Lipinski definition) is 5. The molecule has 0 radical (unpaired) electrons. The van der Waals surface area contributed by atoms with E-state index in [1.165, 1.54) is 12.8 Å². The molecule has 0 atom stereocenters. The fourth-order valence-corrected chi connectivity index (χ4v) is 5.64. The number of fused-ring (bicyclic) bond motifs is 2. The van der Waals surface area contributed by atoms with Crippen LogP contribution >= 0.6 is 0 Å². The van der Waals surface area contributed by atoms with Crippen molar-refractivity contribution < 1.29 is 0 Å². The van der Waals surface area contributed by atoms with Gasteiger partial charge in [0, 0.05) is 67.0 Å². The second-order valence-corrected chi connectivity index (χ2v) is 9.73. The predicted molar refractivity (Wildman–Crippen MR) is 139 cm³/mol. The summed E-state index contributed by atoms with van der Waals surface area (Å²) in [7, 11) is 0. The highest BCUT2D eigenvalue weighted by Crippen LogP contribution is 2.41. The van der Waals surface area contributed by atoms with Crippen molar-refractivity contribution in [2.75, 3.05) is 26.2 Å². The minimum atomic E-state index is 0.488. The van der Waals surface area contributed by atoms with Crippen LogP contribution in [0.2, 0.25) is 0 Å². The van der Waals surface area contributed by atoms with Crippen LogP contribution in [0.5, 0.6) is 0 Å². The molecule has 0 spiro atoms. The monoisotopic (exact) mass is 460 g/mol. The van der Waals surface area contributed by atoms with Gasteiger partial charge in [0.1, 0.15) is 5.82 Å². The minimum Gasteiger partial charge on any atom is -0.314 e. The Balaban J connectivity index is 1.24. The Morgan fingerprint density at radius 3 is 2.54 bits per heavy atom. The molecule has 2 fully saturated rings. The number of nitrogens with zero attached hydrogens (tertiary/aromatic N) is 5. The third-order valence-electron chi connectivity index (χ3n) is 7.66. The first-order valence-electron chi connectivity index (χ1n) is 12.6. The average Bonchev–Trinajstić information content (AvgIpc) is 3.28. The number of hydrogen-bond donors (Lipinski definition) is 1. The van der Waals surface area contributed by atoms with Gasteiger partial charge in [-0.25, -0.2) is 9.97 Å². The van der Waals surface area contributed by atoms with Gasteiger partial charge in [0.15, 0.2) is 0 Å². The molecule has 1 saturated carbocycles. The van der Waals surface area contributed by atoms with Gasteiger partial charge in [0.25, 0.3) is 0 Å². The highest BCUT2D eigenvalue weighted by atomic mass is 15.2. The van der Waals surface area contributed by atoms with Crippen molar-refractivity contribution in [2.24, 2.45) is 0 Å². The molecule has 35 heavy (non-hydrogen) atoms. The van der Waals surface area contributed by atoms with Crippen LogP contribution < -0.4 is 5.32 Å². The minimum absolute atomic E-state index is 0.488. The Morgan fingerprint density at radius 1 is 0.857 bits per heavy atom. The number of piperazine rings is 1. The molecule has 3 aromatic heterocycles. The molecule has 1 saturated heterocycles. The first kappa shape index (κ1) is 20.7. The summed E-state index contributed by atoms with van der Waals surface area (Å²) in [6.07, 6.45) is 8.23. The molecule has 174 valence electrons. The highest BCUT2D eigenvalue weighted by Gasteiger charge is 2.37. The van der Waals surface area contributed by atoms with Crippen LogP contribution in [-0.4, -0.2) is 56.5 Å². The standard InChI is InChI=1S/C29H28N6/c1-2-4-20(5-3-1)25-9-8-21-6-7-22(18-26(21)32-25)28-27-19-31-12-15-35(27)29(33-28)23-16-24(17-23)34-13-10-30-11-14-34/h1-9,12,15,18-19,23-24,30H,10-11,13-14,16-17H2. The van der Waals surface area contributed by atoms with Crippen LogP contribution in [0.4, 0.5) is 0 Å². The SMILES string of the molecule is c1ccc(-c2ccc3ccc(-c4nc(C5CC(N6CCNCC6)C5)n5ccncc45)cc3n2)cc1. The Morgan fingerprint density at radius 2 is 1.69 bits per heavy atom. The Labute approximate surface area is 204 Å². The van der Waals surface area contributed by atoms with Gasteiger partial charge in [-0.1, -0.05) is 48.5 Å². The van der Waals surface area contributed by atoms with Gasteiger partial charge < -0.3 is 5.32 Å². The van der Waals surface area contributed by atoms with Gasteiger partial charge in [0.05, 0.1) is 28.6 Å². The normalized spacial score (nSPS) is 20.8. The summed E-state index contributed by atoms with van der Waals surface area (Å²) in [5, 5.41) is 4.59. The van der Waals surface area contributed by atoms with Gasteiger partial charge in [0.2, 0.25) is 0 Å². The third-order valence-corrected chi connectivity index (χ3v) is 7.66. The van der Waals surface area contributed by atoms with Gasteiger partial charge in [-0.2, -0.15) is 0 Å². The average molecular weight is 461 g/mol. The third kappa shape index (κ3) is 3.70. The summed E-state index contributed by atoms with van der Waals surface area (Å²) >= 11 is 0. The van der Waals surface area contributed by atoms with Crippen molar-refractivity contribution in [1.29, 1.82) is 0 Å². The lowest BCUT2D eigenvalue weighted by Gasteiger charge is -2.44. The van der Waals surface area contributed by atoms with E-state index in [1.807, 2.05) is 18.5 Å². The van der Waals surface area contributed by atoms with Crippen molar-refractivity contribution in [3.63, 3.8) is 0 Å². The lowest BCUT2D eigenvalue weighted by atomic mass is 9.78. The van der Waals surface area contributed by atoms with Crippen LogP contribution in [-0.2, 0) is 0 Å². The zero-order chi connectivity index (χ0) is 23.2. The van der Waals surface area contributed by atoms with E-state index in [2.05, 4.69) is 80.4 Å². The highest BCUT2D eigenvalue weighted by molar-refractivity contribution is 5.88. The number of nitrogens with one attached hydrogen (secondary N) is 1. The van der Waals surface area contributed by atoms with Crippen LogP contribution in [0.25, 0.3) is 38.9 Å². The molecule has 0 unspecified atom stereocenters. The van der Waals surface area contributed by atoms with Crippen molar-refractivity contribution in [3.8, 4) is 22.5 Å². The molecule has 1 N–H and O–H groups in total. The van der Waals surface area contributed by atoms with E-state index in [0.717, 1.165) is 70.9 Å². The second-order valence-electron chi connectivity index (χ2n) is 9.73. The summed E-state index contributed by atoms with van der Waals surface area (Å²) in [5.74, 6) is 1.65. The topological polar surface area (TPSA) is 58.4 Å². The molecular formula is C29H28N6. The van der Waals surface area contributed by atoms with E-state index >= 15 is 0 Å². The maximum atomic E-state index is 5.21.